The molecular weight excluding hydrogens is 236 g/mol. The topological polar surface area (TPSA) is 49.5 Å². The average Bonchev–Trinajstić information content (AvgIpc) is 3.07. The molecular formula is C16H24N2O. The summed E-state index contributed by atoms with van der Waals surface area (Å²) in [5.41, 5.74) is 7.32. The maximum atomic E-state index is 9.37. The van der Waals surface area contributed by atoms with Crippen LogP contribution in [-0.4, -0.2) is 41.3 Å². The summed E-state index contributed by atoms with van der Waals surface area (Å²) in [6, 6.07) is 11.4. The van der Waals surface area contributed by atoms with Crippen molar-refractivity contribution in [3.8, 4) is 0 Å². The van der Waals surface area contributed by atoms with E-state index in [-0.39, 0.29) is 12.1 Å². The Morgan fingerprint density at radius 3 is 2.74 bits per heavy atom. The van der Waals surface area contributed by atoms with Gasteiger partial charge >= 0.3 is 0 Å². The van der Waals surface area contributed by atoms with Crippen LogP contribution in [0.2, 0.25) is 0 Å². The summed E-state index contributed by atoms with van der Waals surface area (Å²) in [6.45, 7) is 2.45. The molecule has 3 nitrogen and oxygen atoms in total. The Hall–Kier alpha value is -0.900. The molecule has 3 heteroatoms. The Kier molecular flexibility index (Phi) is 3.61. The van der Waals surface area contributed by atoms with Crippen molar-refractivity contribution in [3.05, 3.63) is 35.9 Å². The van der Waals surface area contributed by atoms with Gasteiger partial charge in [0, 0.05) is 18.1 Å². The van der Waals surface area contributed by atoms with Gasteiger partial charge in [-0.3, -0.25) is 4.90 Å². The SMILES string of the molecule is NC1(CO)CCC(N2CCC(c3ccccc3)C2)C1. The number of nitrogens with two attached hydrogens (primary N) is 1. The van der Waals surface area contributed by atoms with Gasteiger partial charge in [-0.15, -0.1) is 0 Å². The van der Waals surface area contributed by atoms with E-state index in [1.807, 2.05) is 0 Å². The molecule has 0 radical (unpaired) electrons. The monoisotopic (exact) mass is 260 g/mol. The molecule has 1 aromatic carbocycles. The van der Waals surface area contributed by atoms with Crippen LogP contribution in [0.3, 0.4) is 0 Å². The molecule has 104 valence electrons. The molecule has 1 aliphatic carbocycles. The average molecular weight is 260 g/mol. The van der Waals surface area contributed by atoms with Gasteiger partial charge < -0.3 is 10.8 Å². The Morgan fingerprint density at radius 2 is 2.05 bits per heavy atom. The van der Waals surface area contributed by atoms with Crippen LogP contribution in [-0.2, 0) is 0 Å². The van der Waals surface area contributed by atoms with Crippen molar-refractivity contribution in [3.63, 3.8) is 0 Å². The van der Waals surface area contributed by atoms with Crippen LogP contribution in [0, 0.1) is 0 Å². The number of benzene rings is 1. The van der Waals surface area contributed by atoms with Crippen molar-refractivity contribution < 1.29 is 5.11 Å². The minimum atomic E-state index is -0.324. The highest BCUT2D eigenvalue weighted by Gasteiger charge is 2.39. The van der Waals surface area contributed by atoms with Gasteiger partial charge in [0.25, 0.3) is 0 Å². The first-order valence-corrected chi connectivity index (χ1v) is 7.39. The van der Waals surface area contributed by atoms with Crippen LogP contribution in [0.25, 0.3) is 0 Å². The standard InChI is InChI=1S/C16H24N2O/c17-16(12-19)8-6-15(10-16)18-9-7-14(11-18)13-4-2-1-3-5-13/h1-5,14-15,19H,6-12,17H2. The minimum absolute atomic E-state index is 0.124. The summed E-state index contributed by atoms with van der Waals surface area (Å²) in [6.07, 6.45) is 4.29. The Labute approximate surface area is 115 Å². The second-order valence-corrected chi connectivity index (χ2v) is 6.31. The van der Waals surface area contributed by atoms with Gasteiger partial charge in [0.1, 0.15) is 0 Å². The molecule has 1 aromatic rings. The largest absolute Gasteiger partial charge is 0.394 e. The third kappa shape index (κ3) is 2.69. The number of hydrogen-bond acceptors (Lipinski definition) is 3. The number of aliphatic hydroxyl groups is 1. The lowest BCUT2D eigenvalue weighted by molar-refractivity contribution is 0.180. The zero-order valence-corrected chi connectivity index (χ0v) is 11.5. The van der Waals surface area contributed by atoms with E-state index in [1.54, 1.807) is 0 Å². The Morgan fingerprint density at radius 1 is 1.26 bits per heavy atom. The summed E-state index contributed by atoms with van der Waals surface area (Å²) in [5, 5.41) is 9.37. The van der Waals surface area contributed by atoms with Gasteiger partial charge in [0.05, 0.1) is 6.61 Å². The van der Waals surface area contributed by atoms with Crippen LogP contribution >= 0.6 is 0 Å². The van der Waals surface area contributed by atoms with E-state index in [9.17, 15) is 5.11 Å². The highest BCUT2D eigenvalue weighted by Crippen LogP contribution is 2.36. The number of nitrogens with zero attached hydrogens (tertiary/aromatic N) is 1. The first kappa shape index (κ1) is 13.1. The van der Waals surface area contributed by atoms with Crippen LogP contribution in [0.1, 0.15) is 37.2 Å². The molecule has 3 unspecified atom stereocenters. The van der Waals surface area contributed by atoms with Gasteiger partial charge in [-0.2, -0.15) is 0 Å². The molecule has 19 heavy (non-hydrogen) atoms. The van der Waals surface area contributed by atoms with Gasteiger partial charge in [0.2, 0.25) is 0 Å². The third-order valence-electron chi connectivity index (χ3n) is 4.94. The highest BCUT2D eigenvalue weighted by atomic mass is 16.3. The summed E-state index contributed by atoms with van der Waals surface area (Å²) in [7, 11) is 0. The molecule has 0 bridgehead atoms. The molecule has 1 saturated heterocycles. The van der Waals surface area contributed by atoms with E-state index >= 15 is 0 Å². The summed E-state index contributed by atoms with van der Waals surface area (Å²) >= 11 is 0. The van der Waals surface area contributed by atoms with E-state index in [0.29, 0.717) is 12.0 Å². The lowest BCUT2D eigenvalue weighted by Crippen LogP contribution is -2.43. The van der Waals surface area contributed by atoms with Crippen molar-refractivity contribution in [1.82, 2.24) is 4.90 Å². The summed E-state index contributed by atoms with van der Waals surface area (Å²) in [4.78, 5) is 2.59. The van der Waals surface area contributed by atoms with Crippen LogP contribution < -0.4 is 5.73 Å². The molecule has 1 aliphatic heterocycles. The van der Waals surface area contributed by atoms with Crippen LogP contribution in [0.5, 0.6) is 0 Å². The molecule has 3 N–H and O–H groups in total. The molecule has 3 rings (SSSR count). The van der Waals surface area contributed by atoms with Crippen molar-refractivity contribution in [2.24, 2.45) is 5.73 Å². The molecule has 0 spiro atoms. The molecule has 0 aromatic heterocycles. The van der Waals surface area contributed by atoms with Crippen molar-refractivity contribution >= 4 is 0 Å². The van der Waals surface area contributed by atoms with E-state index in [0.717, 1.165) is 25.8 Å². The maximum absolute atomic E-state index is 9.37. The van der Waals surface area contributed by atoms with Gasteiger partial charge in [-0.1, -0.05) is 30.3 Å². The van der Waals surface area contributed by atoms with E-state index in [2.05, 4.69) is 35.2 Å². The second-order valence-electron chi connectivity index (χ2n) is 6.31. The first-order valence-electron chi connectivity index (χ1n) is 7.39. The Balaban J connectivity index is 1.61. The number of hydrogen-bond donors (Lipinski definition) is 2. The van der Waals surface area contributed by atoms with Crippen molar-refractivity contribution in [2.45, 2.75) is 43.2 Å². The maximum Gasteiger partial charge on any atom is 0.0611 e. The highest BCUT2D eigenvalue weighted by molar-refractivity contribution is 5.21. The number of likely N-dealkylation sites (tertiary alicyclic amines) is 1. The lowest BCUT2D eigenvalue weighted by atomic mass is 9.98. The predicted molar refractivity (Wildman–Crippen MR) is 77.0 cm³/mol. The van der Waals surface area contributed by atoms with Gasteiger partial charge in [-0.05, 0) is 43.7 Å². The van der Waals surface area contributed by atoms with Crippen molar-refractivity contribution in [2.75, 3.05) is 19.7 Å². The summed E-state index contributed by atoms with van der Waals surface area (Å²) < 4.78 is 0. The predicted octanol–water partition coefficient (Wildman–Crippen LogP) is 1.72. The summed E-state index contributed by atoms with van der Waals surface area (Å²) in [5.74, 6) is 0.670. The fourth-order valence-electron chi connectivity index (χ4n) is 3.70. The van der Waals surface area contributed by atoms with Crippen LogP contribution in [0.4, 0.5) is 0 Å². The fourth-order valence-corrected chi connectivity index (χ4v) is 3.70. The molecule has 2 fully saturated rings. The molecule has 2 aliphatic rings. The van der Waals surface area contributed by atoms with Gasteiger partial charge in [-0.25, -0.2) is 0 Å². The second kappa shape index (κ2) is 5.23. The smallest absolute Gasteiger partial charge is 0.0611 e. The molecule has 1 saturated carbocycles. The Bertz CT molecular complexity index is 422. The quantitative estimate of drug-likeness (QED) is 0.870. The lowest BCUT2D eigenvalue weighted by Gasteiger charge is -2.26. The minimum Gasteiger partial charge on any atom is -0.394 e. The molecule has 3 atom stereocenters. The van der Waals surface area contributed by atoms with E-state index in [1.165, 1.54) is 18.5 Å². The van der Waals surface area contributed by atoms with Gasteiger partial charge in [0.15, 0.2) is 0 Å². The normalized spacial score (nSPS) is 35.9. The molecule has 1 heterocycles. The van der Waals surface area contributed by atoms with E-state index in [4.69, 9.17) is 5.73 Å². The first-order chi connectivity index (χ1) is 9.20. The molecule has 0 amide bonds. The zero-order chi connectivity index (χ0) is 13.3. The number of rotatable bonds is 3. The number of aliphatic hydroxyl groups excluding tert-OH is 1. The fraction of sp³-hybridized carbons (Fsp3) is 0.625. The van der Waals surface area contributed by atoms with Crippen molar-refractivity contribution in [1.29, 1.82) is 0 Å². The zero-order valence-electron chi connectivity index (χ0n) is 11.5. The van der Waals surface area contributed by atoms with Crippen LogP contribution in [0.15, 0.2) is 30.3 Å². The van der Waals surface area contributed by atoms with E-state index < -0.39 is 0 Å². The third-order valence-corrected chi connectivity index (χ3v) is 4.94.